The van der Waals surface area contributed by atoms with Crippen molar-refractivity contribution in [3.63, 3.8) is 0 Å². The Hall–Kier alpha value is -0.980. The van der Waals surface area contributed by atoms with Crippen LogP contribution in [0.2, 0.25) is 0 Å². The van der Waals surface area contributed by atoms with Crippen molar-refractivity contribution in [1.82, 2.24) is 10.4 Å². The molecule has 1 atom stereocenters. The number of hydrogen-bond donors (Lipinski definition) is 2. The first kappa shape index (κ1) is 15.1. The van der Waals surface area contributed by atoms with Crippen LogP contribution in [0.4, 0.5) is 0 Å². The van der Waals surface area contributed by atoms with Gasteiger partial charge in [0.25, 0.3) is 0 Å². The Morgan fingerprint density at radius 2 is 2.22 bits per heavy atom. The Morgan fingerprint density at radius 1 is 1.50 bits per heavy atom. The normalized spacial score (nSPS) is 13.5. The van der Waals surface area contributed by atoms with Crippen molar-refractivity contribution in [2.45, 2.75) is 32.7 Å². The zero-order valence-electron chi connectivity index (χ0n) is 10.9. The van der Waals surface area contributed by atoms with Crippen LogP contribution >= 0.6 is 0 Å². The molecule has 0 radical (unpaired) electrons. The summed E-state index contributed by atoms with van der Waals surface area (Å²) >= 11 is 0. The first-order chi connectivity index (χ1) is 8.50. The summed E-state index contributed by atoms with van der Waals surface area (Å²) in [5, 5.41) is 0. The van der Waals surface area contributed by atoms with Crippen LogP contribution in [0.25, 0.3) is 0 Å². The fourth-order valence-electron chi connectivity index (χ4n) is 1.81. The summed E-state index contributed by atoms with van der Waals surface area (Å²) in [4.78, 5) is 4.29. The number of aromatic nitrogens is 1. The SMILES string of the molecule is CCS(=O)(=O)CCCC(NN)c1ncccc1C. The van der Waals surface area contributed by atoms with Gasteiger partial charge in [0.05, 0.1) is 17.5 Å². The molecule has 1 aromatic heterocycles. The van der Waals surface area contributed by atoms with Crippen LogP contribution in [0, 0.1) is 6.92 Å². The van der Waals surface area contributed by atoms with Gasteiger partial charge in [-0.3, -0.25) is 16.3 Å². The second kappa shape index (κ2) is 6.82. The van der Waals surface area contributed by atoms with E-state index < -0.39 is 9.84 Å². The Balaban J connectivity index is 2.61. The maximum absolute atomic E-state index is 11.4. The highest BCUT2D eigenvalue weighted by atomic mass is 32.2. The lowest BCUT2D eigenvalue weighted by Gasteiger charge is -2.17. The molecule has 0 fully saturated rings. The number of nitrogens with two attached hydrogens (primary N) is 1. The maximum atomic E-state index is 11.4. The predicted molar refractivity (Wildman–Crippen MR) is 72.6 cm³/mol. The lowest BCUT2D eigenvalue weighted by Crippen LogP contribution is -2.29. The van der Waals surface area contributed by atoms with Crippen LogP contribution in [-0.2, 0) is 9.84 Å². The van der Waals surface area contributed by atoms with E-state index in [2.05, 4.69) is 10.4 Å². The molecule has 0 spiro atoms. The summed E-state index contributed by atoms with van der Waals surface area (Å²) in [6.45, 7) is 3.63. The van der Waals surface area contributed by atoms with Crippen molar-refractivity contribution < 1.29 is 8.42 Å². The fourth-order valence-corrected chi connectivity index (χ4v) is 2.71. The van der Waals surface area contributed by atoms with E-state index in [9.17, 15) is 8.42 Å². The Kier molecular flexibility index (Phi) is 5.71. The molecule has 3 N–H and O–H groups in total. The number of nitrogens with zero attached hydrogens (tertiary/aromatic N) is 1. The van der Waals surface area contributed by atoms with E-state index in [0.29, 0.717) is 12.8 Å². The van der Waals surface area contributed by atoms with Gasteiger partial charge < -0.3 is 0 Å². The van der Waals surface area contributed by atoms with Crippen molar-refractivity contribution >= 4 is 9.84 Å². The van der Waals surface area contributed by atoms with Gasteiger partial charge in [-0.15, -0.1) is 0 Å². The molecule has 0 aromatic carbocycles. The fraction of sp³-hybridized carbons (Fsp3) is 0.583. The number of rotatable bonds is 7. The molecule has 1 heterocycles. The maximum Gasteiger partial charge on any atom is 0.150 e. The first-order valence-corrected chi connectivity index (χ1v) is 7.90. The summed E-state index contributed by atoms with van der Waals surface area (Å²) in [5.74, 6) is 5.91. The van der Waals surface area contributed by atoms with Crippen LogP contribution in [0.1, 0.15) is 37.1 Å². The van der Waals surface area contributed by atoms with Gasteiger partial charge >= 0.3 is 0 Å². The van der Waals surface area contributed by atoms with E-state index in [1.807, 2.05) is 19.1 Å². The van der Waals surface area contributed by atoms with E-state index in [4.69, 9.17) is 5.84 Å². The smallest absolute Gasteiger partial charge is 0.150 e. The van der Waals surface area contributed by atoms with Gasteiger partial charge in [-0.25, -0.2) is 8.42 Å². The molecule has 0 aliphatic rings. The quantitative estimate of drug-likeness (QED) is 0.573. The summed E-state index contributed by atoms with van der Waals surface area (Å²) in [6, 6.07) is 3.74. The predicted octanol–water partition coefficient (Wildman–Crippen LogP) is 1.11. The molecule has 0 saturated heterocycles. The van der Waals surface area contributed by atoms with Gasteiger partial charge in [0.15, 0.2) is 0 Å². The third-order valence-electron chi connectivity index (χ3n) is 2.97. The van der Waals surface area contributed by atoms with E-state index in [1.54, 1.807) is 13.1 Å². The molecule has 0 aliphatic carbocycles. The van der Waals surface area contributed by atoms with Crippen molar-refractivity contribution in [1.29, 1.82) is 0 Å². The van der Waals surface area contributed by atoms with E-state index in [0.717, 1.165) is 11.3 Å². The molecule has 0 aliphatic heterocycles. The molecule has 1 unspecified atom stereocenters. The topological polar surface area (TPSA) is 85.1 Å². The molecule has 102 valence electrons. The van der Waals surface area contributed by atoms with Crippen LogP contribution in [0.5, 0.6) is 0 Å². The highest BCUT2D eigenvalue weighted by molar-refractivity contribution is 7.91. The zero-order chi connectivity index (χ0) is 13.6. The molecule has 6 heteroatoms. The first-order valence-electron chi connectivity index (χ1n) is 6.08. The third kappa shape index (κ3) is 4.36. The van der Waals surface area contributed by atoms with Crippen LogP contribution in [0.3, 0.4) is 0 Å². The molecule has 1 rings (SSSR count). The van der Waals surface area contributed by atoms with Crippen LogP contribution in [-0.4, -0.2) is 24.9 Å². The number of hydrazine groups is 1. The third-order valence-corrected chi connectivity index (χ3v) is 4.76. The number of aryl methyl sites for hydroxylation is 1. The summed E-state index contributed by atoms with van der Waals surface area (Å²) in [7, 11) is -2.90. The Morgan fingerprint density at radius 3 is 2.78 bits per heavy atom. The van der Waals surface area contributed by atoms with Crippen molar-refractivity contribution in [3.05, 3.63) is 29.6 Å². The monoisotopic (exact) mass is 271 g/mol. The molecule has 1 aromatic rings. The van der Waals surface area contributed by atoms with Crippen LogP contribution in [0.15, 0.2) is 18.3 Å². The van der Waals surface area contributed by atoms with Gasteiger partial charge in [-0.1, -0.05) is 13.0 Å². The number of pyridine rings is 1. The van der Waals surface area contributed by atoms with Crippen molar-refractivity contribution in [2.24, 2.45) is 5.84 Å². The van der Waals surface area contributed by atoms with Gasteiger partial charge in [-0.2, -0.15) is 0 Å². The average molecular weight is 271 g/mol. The van der Waals surface area contributed by atoms with E-state index in [1.165, 1.54) is 0 Å². The number of hydrogen-bond acceptors (Lipinski definition) is 5. The Labute approximate surface area is 109 Å². The molecule has 5 nitrogen and oxygen atoms in total. The molecular formula is C12H21N3O2S. The minimum Gasteiger partial charge on any atom is -0.271 e. The Bertz CT molecular complexity index is 474. The second-order valence-electron chi connectivity index (χ2n) is 4.30. The highest BCUT2D eigenvalue weighted by Gasteiger charge is 2.15. The molecule has 0 saturated carbocycles. The minimum atomic E-state index is -2.90. The van der Waals surface area contributed by atoms with E-state index in [-0.39, 0.29) is 17.5 Å². The van der Waals surface area contributed by atoms with E-state index >= 15 is 0 Å². The lowest BCUT2D eigenvalue weighted by atomic mass is 10.0. The largest absolute Gasteiger partial charge is 0.271 e. The highest BCUT2D eigenvalue weighted by Crippen LogP contribution is 2.19. The minimum absolute atomic E-state index is 0.0988. The van der Waals surface area contributed by atoms with Gasteiger partial charge in [0.2, 0.25) is 0 Å². The second-order valence-corrected chi connectivity index (χ2v) is 6.78. The van der Waals surface area contributed by atoms with Gasteiger partial charge in [0, 0.05) is 11.9 Å². The number of sulfone groups is 1. The van der Waals surface area contributed by atoms with Crippen LogP contribution < -0.4 is 11.3 Å². The van der Waals surface area contributed by atoms with Crippen molar-refractivity contribution in [3.8, 4) is 0 Å². The summed E-state index contributed by atoms with van der Waals surface area (Å²) < 4.78 is 22.8. The van der Waals surface area contributed by atoms with Crippen molar-refractivity contribution in [2.75, 3.05) is 11.5 Å². The average Bonchev–Trinajstić information content (AvgIpc) is 2.36. The molecule has 18 heavy (non-hydrogen) atoms. The number of nitrogens with one attached hydrogen (secondary N) is 1. The standard InChI is InChI=1S/C12H21N3O2S/c1-3-18(16,17)9-5-7-11(15-13)12-10(2)6-4-8-14-12/h4,6,8,11,15H,3,5,7,9,13H2,1-2H3. The molecule has 0 amide bonds. The van der Waals surface area contributed by atoms with Gasteiger partial charge in [0.1, 0.15) is 9.84 Å². The molecule has 0 bridgehead atoms. The summed E-state index contributed by atoms with van der Waals surface area (Å²) in [5.41, 5.74) is 4.64. The summed E-state index contributed by atoms with van der Waals surface area (Å²) in [6.07, 6.45) is 2.96. The zero-order valence-corrected chi connectivity index (χ0v) is 11.7. The lowest BCUT2D eigenvalue weighted by molar-refractivity contribution is 0.494. The van der Waals surface area contributed by atoms with Gasteiger partial charge in [-0.05, 0) is 31.4 Å². The molecular weight excluding hydrogens is 250 g/mol.